The van der Waals surface area contributed by atoms with Crippen LogP contribution in [0, 0.1) is 12.6 Å². The molecule has 3 radical (unpaired) electrons. The van der Waals surface area contributed by atoms with Crippen LogP contribution in [0.1, 0.15) is 0 Å². The Hall–Kier alpha value is -0.500. The molecule has 0 bridgehead atoms. The van der Waals surface area contributed by atoms with E-state index in [2.05, 4.69) is 22.9 Å². The fourth-order valence-electron chi connectivity index (χ4n) is 0.147. The topological polar surface area (TPSA) is 21.3 Å². The number of hydrogen-bond donors (Lipinski definition) is 1. The smallest absolute Gasteiger partial charge is 0.138 e. The van der Waals surface area contributed by atoms with Crippen LogP contribution in [0.5, 0.6) is 0 Å². The Morgan fingerprint density at radius 1 is 1.80 bits per heavy atom. The zero-order chi connectivity index (χ0) is 3.54. The molecule has 1 N–H and O–H groups in total. The predicted molar refractivity (Wildman–Crippen MR) is 15.3 cm³/mol. The van der Waals surface area contributed by atoms with Crippen LogP contribution in [-0.4, -0.2) is 0 Å². The molecular formula is C3H2NO. The highest BCUT2D eigenvalue weighted by atomic mass is 16.6. The van der Waals surface area contributed by atoms with Crippen molar-refractivity contribution in [2.24, 2.45) is 0 Å². The predicted octanol–water partition coefficient (Wildman–Crippen LogP) is -0.123. The highest BCUT2D eigenvalue weighted by molar-refractivity contribution is 4.80. The second-order valence-electron chi connectivity index (χ2n) is 0.607. The van der Waals surface area contributed by atoms with Crippen LogP contribution in [-0.2, 0) is 4.84 Å². The minimum absolute atomic E-state index is 1.39. The normalized spacial score (nSPS) is 19.2. The van der Waals surface area contributed by atoms with Gasteiger partial charge in [-0.3, -0.25) is 0 Å². The van der Waals surface area contributed by atoms with E-state index >= 15 is 0 Å². The number of hydrogen-bond acceptors (Lipinski definition) is 2. The van der Waals surface area contributed by atoms with Gasteiger partial charge in [0.15, 0.2) is 0 Å². The Balaban J connectivity index is 2.32. The summed E-state index contributed by atoms with van der Waals surface area (Å²) in [5.41, 5.74) is 2.31. The molecule has 0 amide bonds. The van der Waals surface area contributed by atoms with Crippen LogP contribution in [0.25, 0.3) is 0 Å². The van der Waals surface area contributed by atoms with Crippen molar-refractivity contribution in [3.05, 3.63) is 18.9 Å². The lowest BCUT2D eigenvalue weighted by Gasteiger charge is -1.81. The molecule has 0 spiro atoms. The largest absolute Gasteiger partial charge is 0.415 e. The standard InChI is InChI=1S/C3H2NO/c1-2-4-5-3-1/h3-4H. The van der Waals surface area contributed by atoms with Crippen molar-refractivity contribution in [3.63, 3.8) is 0 Å². The van der Waals surface area contributed by atoms with Gasteiger partial charge in [-0.2, -0.15) is 0 Å². The molecule has 25 valence electrons. The minimum atomic E-state index is 1.39. The van der Waals surface area contributed by atoms with Crippen LogP contribution >= 0.6 is 0 Å². The summed E-state index contributed by atoms with van der Waals surface area (Å²) in [6.45, 7) is 2.44. The van der Waals surface area contributed by atoms with Gasteiger partial charge in [0.2, 0.25) is 0 Å². The number of nitrogens with one attached hydrogen (secondary N) is 1. The Kier molecular flexibility index (Phi) is 0.588. The summed E-state index contributed by atoms with van der Waals surface area (Å²) in [7, 11) is 0. The van der Waals surface area contributed by atoms with Gasteiger partial charge in [0.1, 0.15) is 12.8 Å². The minimum Gasteiger partial charge on any atom is -0.415 e. The SMILES string of the molecule is [C]1[C]=CON1. The Bertz CT molecular complexity index is 44.9. The molecule has 1 rings (SSSR count). The van der Waals surface area contributed by atoms with Crippen LogP contribution in [0.15, 0.2) is 6.26 Å². The Labute approximate surface area is 30.4 Å². The molecule has 2 nitrogen and oxygen atoms in total. The molecule has 0 fully saturated rings. The van der Waals surface area contributed by atoms with E-state index in [-0.39, 0.29) is 0 Å². The van der Waals surface area contributed by atoms with E-state index < -0.39 is 0 Å². The first-order valence-corrected chi connectivity index (χ1v) is 1.23. The fourth-order valence-corrected chi connectivity index (χ4v) is 0.147. The van der Waals surface area contributed by atoms with E-state index in [0.717, 1.165) is 0 Å². The highest BCUT2D eigenvalue weighted by Gasteiger charge is 1.85. The lowest BCUT2D eigenvalue weighted by atomic mass is 10.7. The molecule has 0 atom stereocenters. The molecule has 1 heterocycles. The van der Waals surface area contributed by atoms with E-state index in [4.69, 9.17) is 0 Å². The number of hydroxylamine groups is 1. The Morgan fingerprint density at radius 3 is 3.00 bits per heavy atom. The molecule has 0 aromatic heterocycles. The molecule has 1 aliphatic rings. The molecule has 2 heteroatoms. The van der Waals surface area contributed by atoms with Gasteiger partial charge in [-0.1, -0.05) is 0 Å². The average Bonchev–Trinajstić information content (AvgIpc) is 1.76. The van der Waals surface area contributed by atoms with Gasteiger partial charge in [0, 0.05) is 6.08 Å². The number of rotatable bonds is 0. The average molecular weight is 68.1 g/mol. The summed E-state index contributed by atoms with van der Waals surface area (Å²) in [4.78, 5) is 4.35. The van der Waals surface area contributed by atoms with Crippen molar-refractivity contribution in [1.29, 1.82) is 0 Å². The molecular weight excluding hydrogens is 66.0 g/mol. The maximum atomic E-state index is 4.35. The summed E-state index contributed by atoms with van der Waals surface area (Å²) < 4.78 is 0. The van der Waals surface area contributed by atoms with Gasteiger partial charge >= 0.3 is 0 Å². The van der Waals surface area contributed by atoms with Gasteiger partial charge in [-0.15, -0.1) is 5.48 Å². The second-order valence-corrected chi connectivity index (χ2v) is 0.607. The van der Waals surface area contributed by atoms with Crippen LogP contribution in [0.2, 0.25) is 0 Å². The third-order valence-electron chi connectivity index (χ3n) is 0.300. The van der Waals surface area contributed by atoms with Crippen molar-refractivity contribution in [1.82, 2.24) is 5.48 Å². The third kappa shape index (κ3) is 0.389. The lowest BCUT2D eigenvalue weighted by molar-refractivity contribution is 0.184. The lowest BCUT2D eigenvalue weighted by Crippen LogP contribution is -1.96. The third-order valence-corrected chi connectivity index (χ3v) is 0.300. The van der Waals surface area contributed by atoms with E-state index in [9.17, 15) is 0 Å². The van der Waals surface area contributed by atoms with Gasteiger partial charge in [-0.25, -0.2) is 0 Å². The van der Waals surface area contributed by atoms with Crippen LogP contribution in [0.3, 0.4) is 0 Å². The van der Waals surface area contributed by atoms with Crippen LogP contribution in [0.4, 0.5) is 0 Å². The summed E-state index contributed by atoms with van der Waals surface area (Å²) in [6, 6.07) is 0. The van der Waals surface area contributed by atoms with E-state index in [1.165, 1.54) is 6.26 Å². The summed E-state index contributed by atoms with van der Waals surface area (Å²) in [5, 5.41) is 0. The maximum absolute atomic E-state index is 4.35. The van der Waals surface area contributed by atoms with Crippen molar-refractivity contribution in [2.75, 3.05) is 0 Å². The van der Waals surface area contributed by atoms with Gasteiger partial charge in [-0.05, 0) is 0 Å². The fraction of sp³-hybridized carbons (Fsp3) is 0. The van der Waals surface area contributed by atoms with Gasteiger partial charge in [0.05, 0.1) is 0 Å². The first-order chi connectivity index (χ1) is 2.50. The van der Waals surface area contributed by atoms with E-state index in [0.29, 0.717) is 0 Å². The zero-order valence-corrected chi connectivity index (χ0v) is 2.49. The van der Waals surface area contributed by atoms with Crippen molar-refractivity contribution < 1.29 is 4.84 Å². The van der Waals surface area contributed by atoms with E-state index in [1.54, 1.807) is 0 Å². The molecule has 0 aromatic carbocycles. The molecule has 0 aliphatic carbocycles. The summed E-state index contributed by atoms with van der Waals surface area (Å²) in [5.74, 6) is 0. The monoisotopic (exact) mass is 68.0 g/mol. The molecule has 0 unspecified atom stereocenters. The first-order valence-electron chi connectivity index (χ1n) is 1.23. The van der Waals surface area contributed by atoms with Gasteiger partial charge < -0.3 is 4.84 Å². The maximum Gasteiger partial charge on any atom is 0.138 e. The second kappa shape index (κ2) is 1.08. The Morgan fingerprint density at radius 2 is 2.80 bits per heavy atom. The van der Waals surface area contributed by atoms with Crippen molar-refractivity contribution in [2.45, 2.75) is 0 Å². The summed E-state index contributed by atoms with van der Waals surface area (Å²) >= 11 is 0. The highest BCUT2D eigenvalue weighted by Crippen LogP contribution is 1.82. The molecule has 0 aromatic rings. The first kappa shape index (κ1) is 2.72. The molecule has 1 aliphatic heterocycles. The quantitative estimate of drug-likeness (QED) is 0.427. The zero-order valence-electron chi connectivity index (χ0n) is 2.49. The van der Waals surface area contributed by atoms with Crippen molar-refractivity contribution in [3.8, 4) is 0 Å². The molecule has 0 saturated carbocycles. The van der Waals surface area contributed by atoms with Crippen LogP contribution < -0.4 is 5.48 Å². The molecule has 0 saturated heterocycles. The van der Waals surface area contributed by atoms with Crippen molar-refractivity contribution >= 4 is 0 Å². The summed E-state index contributed by atoms with van der Waals surface area (Å²) in [6.07, 6.45) is 3.90. The van der Waals surface area contributed by atoms with Gasteiger partial charge in [0.25, 0.3) is 0 Å². The van der Waals surface area contributed by atoms with E-state index in [1.807, 2.05) is 0 Å². The molecule has 5 heavy (non-hydrogen) atoms.